The van der Waals surface area contributed by atoms with Gasteiger partial charge < -0.3 is 13.9 Å². The van der Waals surface area contributed by atoms with Crippen LogP contribution in [-0.2, 0) is 23.9 Å². The molecular weight excluding hydrogens is 430 g/mol. The van der Waals surface area contributed by atoms with E-state index in [4.69, 9.17) is 13.9 Å². The zero-order valence-corrected chi connectivity index (χ0v) is 21.4. The Hall–Kier alpha value is -1.03. The lowest BCUT2D eigenvalue weighted by Crippen LogP contribution is -2.44. The number of hydrogen-bond acceptors (Lipinski definition) is 5. The molecule has 0 N–H and O–H groups in total. The van der Waals surface area contributed by atoms with E-state index in [0.29, 0.717) is 37.5 Å². The molecule has 0 bridgehead atoms. The highest BCUT2D eigenvalue weighted by molar-refractivity contribution is 7.89. The van der Waals surface area contributed by atoms with E-state index in [1.165, 1.54) is 0 Å². The maximum atomic E-state index is 13.5. The number of nitrogens with zero attached hydrogens (tertiary/aromatic N) is 1. The predicted octanol–water partition coefficient (Wildman–Crippen LogP) is 4.47. The first kappa shape index (κ1) is 24.6. The zero-order valence-electron chi connectivity index (χ0n) is 19.6. The molecule has 1 aromatic carbocycles. The molecule has 2 atom stereocenters. The minimum atomic E-state index is -3.62. The maximum Gasteiger partial charge on any atom is 0.243 e. The molecule has 0 saturated carbocycles. The monoisotopic (exact) mass is 467 g/mol. The fourth-order valence-corrected chi connectivity index (χ4v) is 6.65. The van der Waals surface area contributed by atoms with Crippen LogP contribution in [0.5, 0.6) is 0 Å². The van der Waals surface area contributed by atoms with Crippen LogP contribution >= 0.6 is 0 Å². The van der Waals surface area contributed by atoms with Gasteiger partial charge in [-0.1, -0.05) is 50.6 Å². The lowest BCUT2D eigenvalue weighted by atomic mass is 10.2. The van der Waals surface area contributed by atoms with Crippen LogP contribution in [0.1, 0.15) is 39.2 Å². The van der Waals surface area contributed by atoms with Crippen LogP contribution in [0.25, 0.3) is 0 Å². The quantitative estimate of drug-likeness (QED) is 0.437. The normalized spacial score (nSPS) is 24.5. The Labute approximate surface area is 188 Å². The molecule has 1 aromatic rings. The van der Waals surface area contributed by atoms with Crippen LogP contribution in [0.2, 0.25) is 18.1 Å². The Balaban J connectivity index is 1.81. The number of aryl methyl sites for hydroxylation is 1. The molecule has 8 heteroatoms. The fourth-order valence-electron chi connectivity index (χ4n) is 3.66. The minimum Gasteiger partial charge on any atom is -0.413 e. The summed E-state index contributed by atoms with van der Waals surface area (Å²) in [5.41, 5.74) is 1.03. The smallest absolute Gasteiger partial charge is 0.243 e. The molecule has 2 saturated heterocycles. The Morgan fingerprint density at radius 3 is 2.35 bits per heavy atom. The van der Waals surface area contributed by atoms with Crippen molar-refractivity contribution in [1.82, 2.24) is 4.31 Å². The summed E-state index contributed by atoms with van der Waals surface area (Å²) in [5.74, 6) is 0. The van der Waals surface area contributed by atoms with Gasteiger partial charge in [-0.2, -0.15) is 4.31 Å². The highest BCUT2D eigenvalue weighted by Crippen LogP contribution is 2.39. The van der Waals surface area contributed by atoms with Gasteiger partial charge in [-0.15, -0.1) is 0 Å². The van der Waals surface area contributed by atoms with Crippen molar-refractivity contribution in [3.63, 3.8) is 0 Å². The first-order chi connectivity index (χ1) is 14.4. The Bertz CT molecular complexity index is 870. The summed E-state index contributed by atoms with van der Waals surface area (Å²) in [7, 11) is -5.64. The van der Waals surface area contributed by atoms with Crippen molar-refractivity contribution in [2.24, 2.45) is 0 Å². The molecule has 0 aliphatic carbocycles. The van der Waals surface area contributed by atoms with E-state index >= 15 is 0 Å². The van der Waals surface area contributed by atoms with Gasteiger partial charge in [0, 0.05) is 19.0 Å². The van der Waals surface area contributed by atoms with Crippen LogP contribution in [-0.4, -0.2) is 59.2 Å². The van der Waals surface area contributed by atoms with Gasteiger partial charge in [0.1, 0.15) is 0 Å². The number of hydrogen-bond donors (Lipinski definition) is 0. The van der Waals surface area contributed by atoms with Crippen molar-refractivity contribution in [1.29, 1.82) is 0 Å². The zero-order chi connectivity index (χ0) is 22.9. The van der Waals surface area contributed by atoms with Crippen molar-refractivity contribution >= 4 is 18.3 Å². The van der Waals surface area contributed by atoms with E-state index in [-0.39, 0.29) is 23.5 Å². The summed E-state index contributed by atoms with van der Waals surface area (Å²) in [6, 6.07) is 6.81. The van der Waals surface area contributed by atoms with E-state index < -0.39 is 18.3 Å². The largest absolute Gasteiger partial charge is 0.413 e. The van der Waals surface area contributed by atoms with Gasteiger partial charge in [0.05, 0.1) is 24.2 Å². The first-order valence-corrected chi connectivity index (χ1v) is 15.4. The van der Waals surface area contributed by atoms with E-state index in [9.17, 15) is 8.42 Å². The van der Waals surface area contributed by atoms with E-state index in [2.05, 4.69) is 33.9 Å². The average molecular weight is 468 g/mol. The third-order valence-corrected chi connectivity index (χ3v) is 13.0. The summed E-state index contributed by atoms with van der Waals surface area (Å²) >= 11 is 0. The van der Waals surface area contributed by atoms with Gasteiger partial charge in [-0.05, 0) is 43.6 Å². The topological polar surface area (TPSA) is 65.1 Å². The third-order valence-electron chi connectivity index (χ3n) is 6.53. The molecular formula is C23H37NO5SSi. The molecule has 2 heterocycles. The highest BCUT2D eigenvalue weighted by Gasteiger charge is 2.45. The second-order valence-electron chi connectivity index (χ2n) is 10.0. The van der Waals surface area contributed by atoms with Gasteiger partial charge in [0.15, 0.2) is 14.6 Å². The lowest BCUT2D eigenvalue weighted by Gasteiger charge is -2.38. The van der Waals surface area contributed by atoms with Crippen molar-refractivity contribution in [3.8, 4) is 0 Å². The Kier molecular flexibility index (Phi) is 7.50. The number of ether oxygens (including phenoxy) is 2. The Morgan fingerprint density at radius 2 is 1.77 bits per heavy atom. The van der Waals surface area contributed by atoms with E-state index in [1.807, 2.05) is 31.2 Å². The molecule has 174 valence electrons. The van der Waals surface area contributed by atoms with Crippen LogP contribution < -0.4 is 0 Å². The molecule has 2 aliphatic rings. The van der Waals surface area contributed by atoms with Crippen LogP contribution in [0.15, 0.2) is 41.3 Å². The third kappa shape index (κ3) is 5.86. The maximum absolute atomic E-state index is 13.5. The van der Waals surface area contributed by atoms with Crippen molar-refractivity contribution in [3.05, 3.63) is 42.0 Å². The van der Waals surface area contributed by atoms with Gasteiger partial charge in [-0.3, -0.25) is 0 Å². The van der Waals surface area contributed by atoms with Gasteiger partial charge >= 0.3 is 0 Å². The lowest BCUT2D eigenvalue weighted by molar-refractivity contribution is -0.0380. The van der Waals surface area contributed by atoms with Gasteiger partial charge in [-0.25, -0.2) is 8.42 Å². The average Bonchev–Trinajstić information content (AvgIpc) is 3.31. The molecule has 6 nitrogen and oxygen atoms in total. The minimum absolute atomic E-state index is 0.0682. The SMILES string of the molecule is Cc1ccc(S(=O)(=O)N2C[C@@H](O[Si](C)(C)C(C)(C)C)C[C@H]2/C=C/CC2OCCO2)cc1. The van der Waals surface area contributed by atoms with E-state index in [1.54, 1.807) is 16.4 Å². The van der Waals surface area contributed by atoms with Crippen molar-refractivity contribution < 1.29 is 22.3 Å². The molecule has 0 spiro atoms. The van der Waals surface area contributed by atoms with Crippen molar-refractivity contribution in [2.75, 3.05) is 19.8 Å². The molecule has 0 radical (unpaired) electrons. The standard InChI is InChI=1S/C23H37NO5SSi/c1-18-10-12-21(13-11-18)30(25,26)24-17-20(29-31(5,6)23(2,3)4)16-19(24)8-7-9-22-27-14-15-28-22/h7-8,10-13,19-20,22H,9,14-17H2,1-6H3/b8-7+/t19-,20+/m1/s1. The van der Waals surface area contributed by atoms with Crippen molar-refractivity contribution in [2.45, 2.75) is 82.0 Å². The molecule has 31 heavy (non-hydrogen) atoms. The fraction of sp³-hybridized carbons (Fsp3) is 0.652. The molecule has 2 fully saturated rings. The predicted molar refractivity (Wildman–Crippen MR) is 125 cm³/mol. The highest BCUT2D eigenvalue weighted by atomic mass is 32.2. The van der Waals surface area contributed by atoms with Crippen LogP contribution in [0, 0.1) is 6.92 Å². The summed E-state index contributed by atoms with van der Waals surface area (Å²) in [6.45, 7) is 14.6. The molecule has 3 rings (SSSR count). The first-order valence-electron chi connectivity index (χ1n) is 11.1. The molecule has 0 amide bonds. The summed E-state index contributed by atoms with van der Waals surface area (Å²) in [5, 5.41) is 0.0682. The molecule has 0 aromatic heterocycles. The molecule has 2 aliphatic heterocycles. The summed E-state index contributed by atoms with van der Waals surface area (Å²) in [4.78, 5) is 0.326. The number of rotatable bonds is 7. The Morgan fingerprint density at radius 1 is 1.16 bits per heavy atom. The second kappa shape index (κ2) is 9.45. The van der Waals surface area contributed by atoms with Crippen LogP contribution in [0.3, 0.4) is 0 Å². The van der Waals surface area contributed by atoms with Crippen LogP contribution in [0.4, 0.5) is 0 Å². The summed E-state index contributed by atoms with van der Waals surface area (Å²) < 4.78 is 46.2. The van der Waals surface area contributed by atoms with Gasteiger partial charge in [0.2, 0.25) is 10.0 Å². The molecule has 0 unspecified atom stereocenters. The van der Waals surface area contributed by atoms with E-state index in [0.717, 1.165) is 5.56 Å². The number of benzene rings is 1. The summed E-state index contributed by atoms with van der Waals surface area (Å²) in [6.07, 6.45) is 4.87. The second-order valence-corrected chi connectivity index (χ2v) is 16.7. The van der Waals surface area contributed by atoms with Gasteiger partial charge in [0.25, 0.3) is 0 Å². The number of sulfonamides is 1.